The van der Waals surface area contributed by atoms with Gasteiger partial charge in [-0.25, -0.2) is 0 Å². The lowest BCUT2D eigenvalue weighted by atomic mass is 10.2. The average molecular weight is 303 g/mol. The van der Waals surface area contributed by atoms with Gasteiger partial charge in [-0.05, 0) is 5.56 Å². The van der Waals surface area contributed by atoms with Crippen LogP contribution in [0.5, 0.6) is 5.75 Å². The summed E-state index contributed by atoms with van der Waals surface area (Å²) < 4.78 is 18.5. The number of benzene rings is 1. The fraction of sp³-hybridized carbons (Fsp3) is 0.438. The molecule has 0 amide bonds. The lowest BCUT2D eigenvalue weighted by Crippen LogP contribution is -2.37. The van der Waals surface area contributed by atoms with Crippen molar-refractivity contribution in [2.75, 3.05) is 19.8 Å². The summed E-state index contributed by atoms with van der Waals surface area (Å²) in [6, 6.07) is 10.0. The average Bonchev–Trinajstić information content (AvgIpc) is 3.15. The summed E-state index contributed by atoms with van der Waals surface area (Å²) in [7, 11) is 0. The molecule has 118 valence electrons. The SMILES string of the molecule is N[C@H]1COC[C@H]1Oc1cnn(CCOCc2ccccc2)c1. The minimum Gasteiger partial charge on any atom is -0.483 e. The maximum Gasteiger partial charge on any atom is 0.157 e. The highest BCUT2D eigenvalue weighted by Gasteiger charge is 2.26. The predicted molar refractivity (Wildman–Crippen MR) is 81.5 cm³/mol. The Hall–Kier alpha value is -1.89. The van der Waals surface area contributed by atoms with Crippen molar-refractivity contribution in [1.29, 1.82) is 0 Å². The van der Waals surface area contributed by atoms with Gasteiger partial charge in [0.1, 0.15) is 6.10 Å². The zero-order valence-corrected chi connectivity index (χ0v) is 12.4. The third-order valence-electron chi connectivity index (χ3n) is 3.54. The van der Waals surface area contributed by atoms with Crippen molar-refractivity contribution in [2.45, 2.75) is 25.3 Å². The third-order valence-corrected chi connectivity index (χ3v) is 3.54. The van der Waals surface area contributed by atoms with Gasteiger partial charge in [0.25, 0.3) is 0 Å². The van der Waals surface area contributed by atoms with E-state index in [1.807, 2.05) is 41.2 Å². The Morgan fingerprint density at radius 1 is 1.27 bits per heavy atom. The first kappa shape index (κ1) is 15.0. The summed E-state index contributed by atoms with van der Waals surface area (Å²) in [5.41, 5.74) is 7.06. The predicted octanol–water partition coefficient (Wildman–Crippen LogP) is 1.20. The van der Waals surface area contributed by atoms with Crippen molar-refractivity contribution in [3.8, 4) is 5.75 Å². The zero-order valence-electron chi connectivity index (χ0n) is 12.4. The zero-order chi connectivity index (χ0) is 15.2. The fourth-order valence-electron chi connectivity index (χ4n) is 2.30. The van der Waals surface area contributed by atoms with Crippen molar-refractivity contribution >= 4 is 0 Å². The molecule has 1 saturated heterocycles. The molecule has 1 aliphatic heterocycles. The second-order valence-corrected chi connectivity index (χ2v) is 5.33. The van der Waals surface area contributed by atoms with E-state index in [0.717, 1.165) is 0 Å². The molecular formula is C16H21N3O3. The summed E-state index contributed by atoms with van der Waals surface area (Å²) >= 11 is 0. The molecule has 1 aromatic carbocycles. The summed E-state index contributed by atoms with van der Waals surface area (Å²) in [5.74, 6) is 0.717. The van der Waals surface area contributed by atoms with Crippen LogP contribution >= 0.6 is 0 Å². The Morgan fingerprint density at radius 3 is 2.91 bits per heavy atom. The number of rotatable bonds is 7. The van der Waals surface area contributed by atoms with Crippen molar-refractivity contribution in [1.82, 2.24) is 9.78 Å². The van der Waals surface area contributed by atoms with Gasteiger partial charge < -0.3 is 19.9 Å². The van der Waals surface area contributed by atoms with Gasteiger partial charge in [-0.15, -0.1) is 0 Å². The monoisotopic (exact) mass is 303 g/mol. The molecule has 2 heterocycles. The van der Waals surface area contributed by atoms with Gasteiger partial charge in [-0.3, -0.25) is 4.68 Å². The van der Waals surface area contributed by atoms with E-state index in [-0.39, 0.29) is 12.1 Å². The maximum atomic E-state index is 5.89. The number of ether oxygens (including phenoxy) is 3. The van der Waals surface area contributed by atoms with Gasteiger partial charge in [0.2, 0.25) is 0 Å². The van der Waals surface area contributed by atoms with E-state index in [1.54, 1.807) is 6.20 Å². The molecule has 1 aromatic heterocycles. The Labute approximate surface area is 129 Å². The van der Waals surface area contributed by atoms with Crippen molar-refractivity contribution in [3.63, 3.8) is 0 Å². The highest BCUT2D eigenvalue weighted by atomic mass is 16.5. The van der Waals surface area contributed by atoms with Crippen LogP contribution in [0.3, 0.4) is 0 Å². The molecule has 0 spiro atoms. The van der Waals surface area contributed by atoms with E-state index in [0.29, 0.717) is 38.7 Å². The highest BCUT2D eigenvalue weighted by Crippen LogP contribution is 2.15. The summed E-state index contributed by atoms with van der Waals surface area (Å²) in [6.45, 7) is 2.98. The molecule has 0 bridgehead atoms. The number of hydrogen-bond donors (Lipinski definition) is 1. The van der Waals surface area contributed by atoms with Crippen molar-refractivity contribution in [3.05, 3.63) is 48.3 Å². The second kappa shape index (κ2) is 7.40. The summed E-state index contributed by atoms with van der Waals surface area (Å²) in [6.07, 6.45) is 3.46. The number of hydrogen-bond acceptors (Lipinski definition) is 5. The molecule has 1 aliphatic rings. The smallest absolute Gasteiger partial charge is 0.157 e. The summed E-state index contributed by atoms with van der Waals surface area (Å²) in [5, 5.41) is 4.26. The van der Waals surface area contributed by atoms with E-state index in [4.69, 9.17) is 19.9 Å². The summed E-state index contributed by atoms with van der Waals surface area (Å²) in [4.78, 5) is 0. The molecule has 2 aromatic rings. The first-order valence-corrected chi connectivity index (χ1v) is 7.45. The minimum atomic E-state index is -0.0908. The first-order chi connectivity index (χ1) is 10.8. The van der Waals surface area contributed by atoms with Crippen LogP contribution in [0.15, 0.2) is 42.7 Å². The van der Waals surface area contributed by atoms with Gasteiger partial charge in [0.15, 0.2) is 5.75 Å². The van der Waals surface area contributed by atoms with Crippen LogP contribution in [-0.4, -0.2) is 41.7 Å². The van der Waals surface area contributed by atoms with E-state index in [9.17, 15) is 0 Å². The number of aromatic nitrogens is 2. The van der Waals surface area contributed by atoms with Crippen LogP contribution in [0.2, 0.25) is 0 Å². The largest absolute Gasteiger partial charge is 0.483 e. The Kier molecular flexibility index (Phi) is 5.05. The van der Waals surface area contributed by atoms with Gasteiger partial charge in [-0.1, -0.05) is 30.3 Å². The Bertz CT molecular complexity index is 573. The van der Waals surface area contributed by atoms with Gasteiger partial charge in [-0.2, -0.15) is 5.10 Å². The molecule has 2 N–H and O–H groups in total. The lowest BCUT2D eigenvalue weighted by molar-refractivity contribution is 0.110. The van der Waals surface area contributed by atoms with Crippen molar-refractivity contribution < 1.29 is 14.2 Å². The third kappa shape index (κ3) is 4.07. The molecular weight excluding hydrogens is 282 g/mol. The molecule has 3 rings (SSSR count). The molecule has 2 atom stereocenters. The van der Waals surface area contributed by atoms with E-state index < -0.39 is 0 Å². The highest BCUT2D eigenvalue weighted by molar-refractivity contribution is 5.14. The molecule has 0 aliphatic carbocycles. The van der Waals surface area contributed by atoms with Crippen LogP contribution in [-0.2, 0) is 22.6 Å². The molecule has 0 radical (unpaired) electrons. The number of nitrogens with zero attached hydrogens (tertiary/aromatic N) is 2. The van der Waals surface area contributed by atoms with Gasteiger partial charge in [0.05, 0.1) is 51.4 Å². The molecule has 0 unspecified atom stereocenters. The molecule has 6 nitrogen and oxygen atoms in total. The minimum absolute atomic E-state index is 0.0717. The van der Waals surface area contributed by atoms with Gasteiger partial charge in [0, 0.05) is 0 Å². The standard InChI is InChI=1S/C16H21N3O3/c17-15-11-21-12-16(15)22-14-8-18-19(9-14)6-7-20-10-13-4-2-1-3-5-13/h1-5,8-9,15-16H,6-7,10-12,17H2/t15-,16+/m0/s1. The molecule has 0 saturated carbocycles. The Morgan fingerprint density at radius 2 is 2.14 bits per heavy atom. The van der Waals surface area contributed by atoms with Crippen LogP contribution in [0, 0.1) is 0 Å². The van der Waals surface area contributed by atoms with Crippen LogP contribution < -0.4 is 10.5 Å². The molecule has 22 heavy (non-hydrogen) atoms. The fourth-order valence-corrected chi connectivity index (χ4v) is 2.30. The van der Waals surface area contributed by atoms with E-state index in [1.165, 1.54) is 5.56 Å². The normalized spacial score (nSPS) is 21.1. The Balaban J connectivity index is 1.40. The van der Waals surface area contributed by atoms with Crippen LogP contribution in [0.1, 0.15) is 5.56 Å². The van der Waals surface area contributed by atoms with E-state index in [2.05, 4.69) is 5.10 Å². The topological polar surface area (TPSA) is 71.5 Å². The maximum absolute atomic E-state index is 5.89. The molecule has 6 heteroatoms. The van der Waals surface area contributed by atoms with Crippen molar-refractivity contribution in [2.24, 2.45) is 5.73 Å². The van der Waals surface area contributed by atoms with E-state index >= 15 is 0 Å². The lowest BCUT2D eigenvalue weighted by Gasteiger charge is -2.13. The second-order valence-electron chi connectivity index (χ2n) is 5.33. The van der Waals surface area contributed by atoms with Crippen LogP contribution in [0.25, 0.3) is 0 Å². The van der Waals surface area contributed by atoms with Gasteiger partial charge >= 0.3 is 0 Å². The first-order valence-electron chi connectivity index (χ1n) is 7.45. The molecule has 1 fully saturated rings. The quantitative estimate of drug-likeness (QED) is 0.778. The number of nitrogens with two attached hydrogens (primary N) is 1. The van der Waals surface area contributed by atoms with Crippen LogP contribution in [0.4, 0.5) is 0 Å².